The highest BCUT2D eigenvalue weighted by Crippen LogP contribution is 2.16. The van der Waals surface area contributed by atoms with E-state index >= 15 is 0 Å². The minimum absolute atomic E-state index is 0.108. The molecule has 0 saturated heterocycles. The van der Waals surface area contributed by atoms with Gasteiger partial charge in [0.05, 0.1) is 5.56 Å². The Hall–Kier alpha value is -2.57. The van der Waals surface area contributed by atoms with Gasteiger partial charge in [-0.05, 0) is 30.5 Å². The van der Waals surface area contributed by atoms with E-state index in [-0.39, 0.29) is 11.5 Å². The Morgan fingerprint density at radius 1 is 1.24 bits per heavy atom. The summed E-state index contributed by atoms with van der Waals surface area (Å²) >= 11 is 0. The topological polar surface area (TPSA) is 122 Å². The number of amides is 3. The smallest absolute Gasteiger partial charge is 0.336 e. The first kappa shape index (κ1) is 16.5. The number of rotatable bonds is 5. The van der Waals surface area contributed by atoms with Crippen molar-refractivity contribution in [2.24, 2.45) is 11.7 Å². The van der Waals surface area contributed by atoms with Gasteiger partial charge in [-0.25, -0.2) is 9.59 Å². The molecule has 0 heterocycles. The largest absolute Gasteiger partial charge is 0.478 e. The number of carbonyl (C=O) groups is 3. The fourth-order valence-corrected chi connectivity index (χ4v) is 1.84. The summed E-state index contributed by atoms with van der Waals surface area (Å²) in [6.45, 7) is 5.19. The van der Waals surface area contributed by atoms with Gasteiger partial charge in [0.1, 0.15) is 6.04 Å². The van der Waals surface area contributed by atoms with Gasteiger partial charge in [-0.3, -0.25) is 4.79 Å². The normalized spacial score (nSPS) is 11.8. The monoisotopic (exact) mass is 293 g/mol. The van der Waals surface area contributed by atoms with E-state index in [0.29, 0.717) is 11.3 Å². The highest BCUT2D eigenvalue weighted by atomic mass is 16.4. The summed E-state index contributed by atoms with van der Waals surface area (Å²) in [5.74, 6) is -1.69. The second-order valence-electron chi connectivity index (χ2n) is 5.05. The predicted molar refractivity (Wildman–Crippen MR) is 78.1 cm³/mol. The minimum Gasteiger partial charge on any atom is -0.478 e. The van der Waals surface area contributed by atoms with Gasteiger partial charge in [0.25, 0.3) is 0 Å². The summed E-state index contributed by atoms with van der Waals surface area (Å²) in [5, 5.41) is 14.0. The van der Waals surface area contributed by atoms with Crippen LogP contribution in [0.3, 0.4) is 0 Å². The zero-order chi connectivity index (χ0) is 16.2. The third-order valence-electron chi connectivity index (χ3n) is 2.98. The highest BCUT2D eigenvalue weighted by Gasteiger charge is 2.23. The van der Waals surface area contributed by atoms with Gasteiger partial charge in [0, 0.05) is 5.69 Å². The molecular weight excluding hydrogens is 274 g/mol. The molecule has 1 aromatic carbocycles. The minimum atomic E-state index is -1.07. The van der Waals surface area contributed by atoms with Crippen LogP contribution in [0.15, 0.2) is 18.2 Å². The van der Waals surface area contributed by atoms with E-state index in [4.69, 9.17) is 10.8 Å². The molecule has 0 spiro atoms. The second kappa shape index (κ2) is 6.74. The first-order valence-corrected chi connectivity index (χ1v) is 6.43. The number of anilines is 1. The fraction of sp³-hybridized carbons (Fsp3) is 0.357. The van der Waals surface area contributed by atoms with Gasteiger partial charge in [-0.2, -0.15) is 0 Å². The average Bonchev–Trinajstić information content (AvgIpc) is 2.37. The SMILES string of the molecule is Cc1ccc(NC(=O)C(NC(N)=O)C(C)C)cc1C(=O)O. The van der Waals surface area contributed by atoms with Crippen LogP contribution in [0.25, 0.3) is 0 Å². The molecule has 0 bridgehead atoms. The Labute approximate surface area is 122 Å². The number of nitrogens with two attached hydrogens (primary N) is 1. The summed E-state index contributed by atoms with van der Waals surface area (Å²) in [4.78, 5) is 34.1. The quantitative estimate of drug-likeness (QED) is 0.654. The Kier molecular flexibility index (Phi) is 5.29. The highest BCUT2D eigenvalue weighted by molar-refractivity contribution is 5.98. The van der Waals surface area contributed by atoms with Crippen LogP contribution in [0.4, 0.5) is 10.5 Å². The Bertz CT molecular complexity index is 569. The van der Waals surface area contributed by atoms with Crippen LogP contribution >= 0.6 is 0 Å². The Morgan fingerprint density at radius 2 is 1.86 bits per heavy atom. The zero-order valence-electron chi connectivity index (χ0n) is 12.1. The number of carboxylic acids is 1. The second-order valence-corrected chi connectivity index (χ2v) is 5.05. The zero-order valence-corrected chi connectivity index (χ0v) is 12.1. The summed E-state index contributed by atoms with van der Waals surface area (Å²) in [5.41, 5.74) is 6.09. The summed E-state index contributed by atoms with van der Waals surface area (Å²) in [7, 11) is 0. The summed E-state index contributed by atoms with van der Waals surface area (Å²) < 4.78 is 0. The Morgan fingerprint density at radius 3 is 2.33 bits per heavy atom. The molecule has 7 nitrogen and oxygen atoms in total. The fourth-order valence-electron chi connectivity index (χ4n) is 1.84. The van der Waals surface area contributed by atoms with Crippen LogP contribution in [-0.4, -0.2) is 29.1 Å². The number of carboxylic acid groups (broad SMARTS) is 1. The van der Waals surface area contributed by atoms with Crippen molar-refractivity contribution in [1.29, 1.82) is 0 Å². The van der Waals surface area contributed by atoms with Crippen LogP contribution in [0.5, 0.6) is 0 Å². The molecular formula is C14H19N3O4. The average molecular weight is 293 g/mol. The molecule has 0 saturated carbocycles. The van der Waals surface area contributed by atoms with Crippen molar-refractivity contribution in [3.05, 3.63) is 29.3 Å². The molecule has 1 unspecified atom stereocenters. The first-order valence-electron chi connectivity index (χ1n) is 6.43. The molecule has 7 heteroatoms. The maximum atomic E-state index is 12.1. The van der Waals surface area contributed by atoms with E-state index in [1.807, 2.05) is 0 Å². The van der Waals surface area contributed by atoms with E-state index in [1.54, 1.807) is 32.9 Å². The molecule has 0 radical (unpaired) electrons. The van der Waals surface area contributed by atoms with Crippen molar-refractivity contribution in [2.45, 2.75) is 26.8 Å². The van der Waals surface area contributed by atoms with E-state index in [2.05, 4.69) is 10.6 Å². The van der Waals surface area contributed by atoms with Crippen molar-refractivity contribution >= 4 is 23.6 Å². The summed E-state index contributed by atoms with van der Waals surface area (Å²) in [6.07, 6.45) is 0. The molecule has 114 valence electrons. The number of primary amides is 1. The lowest BCUT2D eigenvalue weighted by Crippen LogP contribution is -2.49. The molecule has 0 aliphatic rings. The lowest BCUT2D eigenvalue weighted by Gasteiger charge is -2.20. The Balaban J connectivity index is 2.93. The number of aromatic carboxylic acids is 1. The third-order valence-corrected chi connectivity index (χ3v) is 2.98. The lowest BCUT2D eigenvalue weighted by atomic mass is 10.0. The number of hydrogen-bond acceptors (Lipinski definition) is 3. The van der Waals surface area contributed by atoms with Crippen LogP contribution in [-0.2, 0) is 4.79 Å². The van der Waals surface area contributed by atoms with E-state index in [0.717, 1.165) is 0 Å². The molecule has 1 rings (SSSR count). The summed E-state index contributed by atoms with van der Waals surface area (Å²) in [6, 6.07) is 2.99. The van der Waals surface area contributed by atoms with Crippen molar-refractivity contribution in [1.82, 2.24) is 5.32 Å². The van der Waals surface area contributed by atoms with Gasteiger partial charge in [-0.15, -0.1) is 0 Å². The molecule has 0 aliphatic carbocycles. The maximum absolute atomic E-state index is 12.1. The molecule has 0 aromatic heterocycles. The van der Waals surface area contributed by atoms with Gasteiger partial charge in [0.2, 0.25) is 5.91 Å². The van der Waals surface area contributed by atoms with Gasteiger partial charge >= 0.3 is 12.0 Å². The van der Waals surface area contributed by atoms with Crippen molar-refractivity contribution in [3.63, 3.8) is 0 Å². The number of carbonyl (C=O) groups excluding carboxylic acids is 2. The molecule has 0 aliphatic heterocycles. The number of benzene rings is 1. The molecule has 1 atom stereocenters. The standard InChI is InChI=1S/C14H19N3O4/c1-7(2)11(17-14(15)21)12(18)16-9-5-4-8(3)10(6-9)13(19)20/h4-7,11H,1-3H3,(H,16,18)(H,19,20)(H3,15,17,21). The van der Waals surface area contributed by atoms with Crippen molar-refractivity contribution < 1.29 is 19.5 Å². The van der Waals surface area contributed by atoms with Crippen LogP contribution in [0, 0.1) is 12.8 Å². The van der Waals surface area contributed by atoms with Gasteiger partial charge < -0.3 is 21.5 Å². The number of aryl methyl sites for hydroxylation is 1. The number of nitrogens with one attached hydrogen (secondary N) is 2. The first-order chi connectivity index (χ1) is 9.72. The molecule has 3 amide bonds. The predicted octanol–water partition coefficient (Wildman–Crippen LogP) is 1.32. The molecule has 0 fully saturated rings. The van der Waals surface area contributed by atoms with Gasteiger partial charge in [-0.1, -0.05) is 19.9 Å². The van der Waals surface area contributed by atoms with Crippen LogP contribution in [0.1, 0.15) is 29.8 Å². The molecule has 21 heavy (non-hydrogen) atoms. The third kappa shape index (κ3) is 4.48. The van der Waals surface area contributed by atoms with Crippen LogP contribution < -0.4 is 16.4 Å². The molecule has 5 N–H and O–H groups in total. The lowest BCUT2D eigenvalue weighted by molar-refractivity contribution is -0.118. The maximum Gasteiger partial charge on any atom is 0.336 e. The number of urea groups is 1. The van der Waals surface area contributed by atoms with Crippen LogP contribution in [0.2, 0.25) is 0 Å². The van der Waals surface area contributed by atoms with E-state index < -0.39 is 23.9 Å². The molecule has 1 aromatic rings. The van der Waals surface area contributed by atoms with E-state index in [9.17, 15) is 14.4 Å². The number of hydrogen-bond donors (Lipinski definition) is 4. The van der Waals surface area contributed by atoms with Gasteiger partial charge in [0.15, 0.2) is 0 Å². The van der Waals surface area contributed by atoms with Crippen molar-refractivity contribution in [2.75, 3.05) is 5.32 Å². The van der Waals surface area contributed by atoms with Crippen molar-refractivity contribution in [3.8, 4) is 0 Å². The van der Waals surface area contributed by atoms with E-state index in [1.165, 1.54) is 6.07 Å².